The largest absolute Gasteiger partial charge is 0.325 e. The molecule has 3 aromatic rings. The van der Waals surface area contributed by atoms with E-state index in [1.54, 1.807) is 54.6 Å². The van der Waals surface area contributed by atoms with Gasteiger partial charge < -0.3 is 5.32 Å². The Morgan fingerprint density at radius 1 is 0.867 bits per heavy atom. The second kappa shape index (κ2) is 9.36. The third-order valence-corrected chi connectivity index (χ3v) is 7.13. The van der Waals surface area contributed by atoms with E-state index in [1.165, 1.54) is 17.3 Å². The Balaban J connectivity index is 1.60. The van der Waals surface area contributed by atoms with Crippen molar-refractivity contribution in [3.63, 3.8) is 0 Å². The summed E-state index contributed by atoms with van der Waals surface area (Å²) in [4.78, 5) is 13.6. The number of hydrogen-bond donors (Lipinski definition) is 2. The summed E-state index contributed by atoms with van der Waals surface area (Å²) in [6.45, 7) is 5.88. The number of sulfonamides is 1. The summed E-state index contributed by atoms with van der Waals surface area (Å²) in [5.74, 6) is -0.0860. The summed E-state index contributed by atoms with van der Waals surface area (Å²) in [6.07, 6.45) is 0. The van der Waals surface area contributed by atoms with Crippen molar-refractivity contribution in [2.45, 2.75) is 35.8 Å². The molecule has 1 amide bonds. The second-order valence-corrected chi connectivity index (χ2v) is 10.1. The molecule has 7 heteroatoms. The third kappa shape index (κ3) is 5.64. The number of anilines is 2. The molecule has 5 nitrogen and oxygen atoms in total. The first kappa shape index (κ1) is 21.9. The van der Waals surface area contributed by atoms with Crippen molar-refractivity contribution in [1.82, 2.24) is 0 Å². The molecule has 2 N–H and O–H groups in total. The third-order valence-electron chi connectivity index (χ3n) is 4.62. The van der Waals surface area contributed by atoms with Crippen LogP contribution in [0.1, 0.15) is 18.1 Å². The van der Waals surface area contributed by atoms with Gasteiger partial charge >= 0.3 is 0 Å². The maximum absolute atomic E-state index is 12.5. The minimum absolute atomic E-state index is 0.0860. The van der Waals surface area contributed by atoms with Crippen LogP contribution < -0.4 is 10.0 Å². The first-order valence-corrected chi connectivity index (χ1v) is 11.8. The van der Waals surface area contributed by atoms with Gasteiger partial charge in [0.1, 0.15) is 0 Å². The van der Waals surface area contributed by atoms with Crippen LogP contribution in [0.25, 0.3) is 0 Å². The molecule has 0 spiro atoms. The predicted molar refractivity (Wildman–Crippen MR) is 124 cm³/mol. The Morgan fingerprint density at radius 3 is 2.13 bits per heavy atom. The molecule has 0 bridgehead atoms. The molecule has 0 heterocycles. The average Bonchev–Trinajstić information content (AvgIpc) is 2.72. The lowest BCUT2D eigenvalue weighted by Gasteiger charge is -2.13. The van der Waals surface area contributed by atoms with Gasteiger partial charge in [0.05, 0.1) is 10.1 Å². The molecule has 30 heavy (non-hydrogen) atoms. The van der Waals surface area contributed by atoms with E-state index in [-0.39, 0.29) is 16.1 Å². The van der Waals surface area contributed by atoms with Gasteiger partial charge in [0.2, 0.25) is 5.91 Å². The molecule has 1 atom stereocenters. The van der Waals surface area contributed by atoms with Crippen LogP contribution in [0.5, 0.6) is 0 Å². The van der Waals surface area contributed by atoms with Crippen molar-refractivity contribution < 1.29 is 13.2 Å². The fraction of sp³-hybridized carbons (Fsp3) is 0.174. The van der Waals surface area contributed by atoms with E-state index in [0.29, 0.717) is 5.69 Å². The van der Waals surface area contributed by atoms with E-state index in [0.717, 1.165) is 16.1 Å². The zero-order chi connectivity index (χ0) is 21.7. The Kier molecular flexibility index (Phi) is 6.84. The molecule has 0 saturated carbocycles. The number of carbonyl (C=O) groups is 1. The summed E-state index contributed by atoms with van der Waals surface area (Å²) >= 11 is 1.41. The quantitative estimate of drug-likeness (QED) is 0.494. The van der Waals surface area contributed by atoms with Gasteiger partial charge in [0.15, 0.2) is 0 Å². The Hall–Kier alpha value is -2.77. The minimum Gasteiger partial charge on any atom is -0.325 e. The highest BCUT2D eigenvalue weighted by Crippen LogP contribution is 2.26. The normalized spacial score (nSPS) is 12.2. The fourth-order valence-corrected chi connectivity index (χ4v) is 4.68. The lowest BCUT2D eigenvalue weighted by atomic mass is 10.1. The molecule has 0 fully saturated rings. The van der Waals surface area contributed by atoms with Crippen molar-refractivity contribution in [3.05, 3.63) is 83.9 Å². The van der Waals surface area contributed by atoms with Crippen molar-refractivity contribution in [2.75, 3.05) is 10.0 Å². The topological polar surface area (TPSA) is 75.3 Å². The first-order valence-electron chi connectivity index (χ1n) is 9.47. The van der Waals surface area contributed by atoms with Gasteiger partial charge in [-0.25, -0.2) is 8.42 Å². The number of benzene rings is 3. The van der Waals surface area contributed by atoms with Crippen molar-refractivity contribution in [3.8, 4) is 0 Å². The molecule has 0 aliphatic carbocycles. The molecule has 0 aromatic heterocycles. The predicted octanol–water partition coefficient (Wildman–Crippen LogP) is 5.22. The first-order chi connectivity index (χ1) is 14.2. The second-order valence-electron chi connectivity index (χ2n) is 6.99. The molecule has 3 rings (SSSR count). The van der Waals surface area contributed by atoms with Crippen LogP contribution in [0.15, 0.2) is 82.6 Å². The van der Waals surface area contributed by atoms with Crippen LogP contribution in [-0.2, 0) is 14.8 Å². The number of thioether (sulfide) groups is 1. The molecule has 1 unspecified atom stereocenters. The summed E-state index contributed by atoms with van der Waals surface area (Å²) in [5.41, 5.74) is 3.55. The van der Waals surface area contributed by atoms with Crippen LogP contribution in [0.3, 0.4) is 0 Å². The van der Waals surface area contributed by atoms with Gasteiger partial charge in [0, 0.05) is 16.3 Å². The number of hydrogen-bond acceptors (Lipinski definition) is 4. The Morgan fingerprint density at radius 2 is 1.50 bits per heavy atom. The summed E-state index contributed by atoms with van der Waals surface area (Å²) in [5, 5.41) is 2.63. The Labute approximate surface area is 182 Å². The van der Waals surface area contributed by atoms with Crippen LogP contribution in [0.4, 0.5) is 11.4 Å². The standard InChI is InChI=1S/C23H24N2O3S2/c1-16-9-10-20(15-17(16)2)24-23(26)18(3)29-21-13-11-19(12-14-21)25-30(27,28)22-7-5-4-6-8-22/h4-15,18,25H,1-3H3,(H,24,26). The molecule has 3 aromatic carbocycles. The zero-order valence-corrected chi connectivity index (χ0v) is 18.7. The van der Waals surface area contributed by atoms with Gasteiger partial charge in [-0.2, -0.15) is 0 Å². The molecule has 156 valence electrons. The highest BCUT2D eigenvalue weighted by atomic mass is 32.2. The van der Waals surface area contributed by atoms with Gasteiger partial charge in [0.25, 0.3) is 10.0 Å². The van der Waals surface area contributed by atoms with Gasteiger partial charge in [-0.1, -0.05) is 24.3 Å². The molecule has 0 aliphatic rings. The van der Waals surface area contributed by atoms with Crippen LogP contribution in [0.2, 0.25) is 0 Å². The molecule has 0 saturated heterocycles. The molecular weight excluding hydrogens is 416 g/mol. The minimum atomic E-state index is -3.62. The van der Waals surface area contributed by atoms with E-state index in [4.69, 9.17) is 0 Å². The number of rotatable bonds is 7. The Bertz CT molecular complexity index is 1130. The number of aryl methyl sites for hydroxylation is 2. The van der Waals surface area contributed by atoms with E-state index in [2.05, 4.69) is 10.0 Å². The summed E-state index contributed by atoms with van der Waals surface area (Å²) in [6, 6.07) is 21.0. The van der Waals surface area contributed by atoms with Crippen LogP contribution in [-0.4, -0.2) is 19.6 Å². The fourth-order valence-electron chi connectivity index (χ4n) is 2.74. The molecular formula is C23H24N2O3S2. The maximum atomic E-state index is 12.5. The van der Waals surface area contributed by atoms with Crippen molar-refractivity contribution in [2.24, 2.45) is 0 Å². The smallest absolute Gasteiger partial charge is 0.261 e. The van der Waals surface area contributed by atoms with Gasteiger partial charge in [-0.05, 0) is 80.4 Å². The van der Waals surface area contributed by atoms with E-state index in [1.807, 2.05) is 39.0 Å². The highest BCUT2D eigenvalue weighted by molar-refractivity contribution is 8.00. The van der Waals surface area contributed by atoms with E-state index < -0.39 is 10.0 Å². The van der Waals surface area contributed by atoms with Crippen LogP contribution in [0, 0.1) is 13.8 Å². The summed E-state index contributed by atoms with van der Waals surface area (Å²) in [7, 11) is -3.62. The van der Waals surface area contributed by atoms with Gasteiger partial charge in [-0.3, -0.25) is 9.52 Å². The monoisotopic (exact) mass is 440 g/mol. The van der Waals surface area contributed by atoms with Gasteiger partial charge in [-0.15, -0.1) is 11.8 Å². The lowest BCUT2D eigenvalue weighted by molar-refractivity contribution is -0.115. The average molecular weight is 441 g/mol. The molecule has 0 radical (unpaired) electrons. The number of carbonyl (C=O) groups excluding carboxylic acids is 1. The van der Waals surface area contributed by atoms with E-state index >= 15 is 0 Å². The zero-order valence-electron chi connectivity index (χ0n) is 17.0. The lowest BCUT2D eigenvalue weighted by Crippen LogP contribution is -2.22. The number of nitrogens with one attached hydrogen (secondary N) is 2. The SMILES string of the molecule is Cc1ccc(NC(=O)C(C)Sc2ccc(NS(=O)(=O)c3ccccc3)cc2)cc1C. The van der Waals surface area contributed by atoms with Crippen molar-refractivity contribution >= 4 is 39.1 Å². The molecule has 0 aliphatic heterocycles. The van der Waals surface area contributed by atoms with Crippen molar-refractivity contribution in [1.29, 1.82) is 0 Å². The number of amides is 1. The highest BCUT2D eigenvalue weighted by Gasteiger charge is 2.16. The maximum Gasteiger partial charge on any atom is 0.261 e. The van der Waals surface area contributed by atoms with Crippen LogP contribution >= 0.6 is 11.8 Å². The summed E-state index contributed by atoms with van der Waals surface area (Å²) < 4.78 is 27.4. The van der Waals surface area contributed by atoms with E-state index in [9.17, 15) is 13.2 Å².